The fourth-order valence-electron chi connectivity index (χ4n) is 4.00. The number of rotatable bonds is 8. The first-order valence-corrected chi connectivity index (χ1v) is 10.6. The molecule has 0 bridgehead atoms. The molecule has 3 rings (SSSR count). The second-order valence-electron chi connectivity index (χ2n) is 7.84. The van der Waals surface area contributed by atoms with E-state index < -0.39 is 0 Å². The van der Waals surface area contributed by atoms with Crippen LogP contribution in [0.1, 0.15) is 61.7 Å². The van der Waals surface area contributed by atoms with Crippen LogP contribution in [0.5, 0.6) is 5.75 Å². The summed E-state index contributed by atoms with van der Waals surface area (Å²) in [6.45, 7) is 3.69. The maximum absolute atomic E-state index is 12.7. The first-order valence-electron chi connectivity index (χ1n) is 10.6. The highest BCUT2D eigenvalue weighted by atomic mass is 35.5. The van der Waals surface area contributed by atoms with Crippen LogP contribution < -0.4 is 10.5 Å². The molecule has 0 atom stereocenters. The van der Waals surface area contributed by atoms with Gasteiger partial charge in [-0.25, -0.2) is 0 Å². The van der Waals surface area contributed by atoms with Gasteiger partial charge in [-0.05, 0) is 68.8 Å². The van der Waals surface area contributed by atoms with Gasteiger partial charge in [0.15, 0.2) is 0 Å². The number of benzene rings is 1. The summed E-state index contributed by atoms with van der Waals surface area (Å²) in [5, 5.41) is 0. The number of hydrogen-bond donors (Lipinski definition) is 1. The highest BCUT2D eigenvalue weighted by molar-refractivity contribution is 5.94. The average Bonchev–Trinajstić information content (AvgIpc) is 2.74. The molecule has 1 saturated heterocycles. The van der Waals surface area contributed by atoms with Crippen molar-refractivity contribution in [2.75, 3.05) is 32.8 Å². The molecule has 1 aliphatic carbocycles. The molecule has 0 unspecified atom stereocenters. The lowest BCUT2D eigenvalue weighted by Crippen LogP contribution is -2.41. The van der Waals surface area contributed by atoms with Gasteiger partial charge >= 0.3 is 0 Å². The summed E-state index contributed by atoms with van der Waals surface area (Å²) in [7, 11) is 0. The van der Waals surface area contributed by atoms with Crippen molar-refractivity contribution < 1.29 is 14.3 Å². The van der Waals surface area contributed by atoms with E-state index in [4.69, 9.17) is 15.2 Å². The Hall–Kier alpha value is -1.30. The maximum Gasteiger partial charge on any atom is 0.253 e. The number of hydrogen-bond acceptors (Lipinski definition) is 4. The molecular formula is C22H35ClN2O3. The van der Waals surface area contributed by atoms with Crippen LogP contribution in [0.3, 0.4) is 0 Å². The number of piperidine rings is 1. The van der Waals surface area contributed by atoms with Gasteiger partial charge in [-0.3, -0.25) is 4.79 Å². The Bertz CT molecular complexity index is 568. The predicted octanol–water partition coefficient (Wildman–Crippen LogP) is 4.04. The lowest BCUT2D eigenvalue weighted by atomic mass is 9.90. The SMILES string of the molecule is Cl.NCCCOC1CCN(C(=O)c2ccc(OCC3CCCCC3)cc2)CC1. The molecule has 2 aliphatic rings. The molecule has 1 aromatic carbocycles. The number of nitrogens with two attached hydrogens (primary N) is 1. The quantitative estimate of drug-likeness (QED) is 0.657. The Morgan fingerprint density at radius 3 is 2.36 bits per heavy atom. The maximum atomic E-state index is 12.7. The molecule has 0 spiro atoms. The average molecular weight is 411 g/mol. The fourth-order valence-corrected chi connectivity index (χ4v) is 4.00. The van der Waals surface area contributed by atoms with Crippen LogP contribution in [-0.2, 0) is 4.74 Å². The van der Waals surface area contributed by atoms with Crippen LogP contribution in [-0.4, -0.2) is 49.8 Å². The van der Waals surface area contributed by atoms with Gasteiger partial charge in [0.25, 0.3) is 5.91 Å². The zero-order valence-corrected chi connectivity index (χ0v) is 17.6. The molecule has 6 heteroatoms. The Kier molecular flexibility index (Phi) is 10.1. The van der Waals surface area contributed by atoms with Crippen LogP contribution in [0.15, 0.2) is 24.3 Å². The van der Waals surface area contributed by atoms with Crippen LogP contribution in [0, 0.1) is 5.92 Å². The van der Waals surface area contributed by atoms with E-state index in [9.17, 15) is 4.79 Å². The monoisotopic (exact) mass is 410 g/mol. The topological polar surface area (TPSA) is 64.8 Å². The van der Waals surface area contributed by atoms with Gasteiger partial charge in [-0.15, -0.1) is 12.4 Å². The van der Waals surface area contributed by atoms with Crippen molar-refractivity contribution in [1.82, 2.24) is 4.90 Å². The summed E-state index contributed by atoms with van der Waals surface area (Å²) in [6.07, 6.45) is 9.55. The van der Waals surface area contributed by atoms with Gasteiger partial charge < -0.3 is 20.1 Å². The van der Waals surface area contributed by atoms with Crippen molar-refractivity contribution in [3.63, 3.8) is 0 Å². The molecule has 1 aliphatic heterocycles. The Morgan fingerprint density at radius 1 is 1.04 bits per heavy atom. The number of amides is 1. The van der Waals surface area contributed by atoms with Gasteiger partial charge in [0, 0.05) is 25.3 Å². The zero-order chi connectivity index (χ0) is 18.9. The van der Waals surface area contributed by atoms with Crippen LogP contribution >= 0.6 is 12.4 Å². The first kappa shape index (κ1) is 23.0. The smallest absolute Gasteiger partial charge is 0.253 e. The van der Waals surface area contributed by atoms with E-state index in [1.54, 1.807) is 0 Å². The number of carbonyl (C=O) groups is 1. The summed E-state index contributed by atoms with van der Waals surface area (Å²) >= 11 is 0. The summed E-state index contributed by atoms with van der Waals surface area (Å²) in [4.78, 5) is 14.6. The Balaban J connectivity index is 0.00000280. The van der Waals surface area contributed by atoms with E-state index in [1.165, 1.54) is 32.1 Å². The van der Waals surface area contributed by atoms with E-state index in [1.807, 2.05) is 29.2 Å². The van der Waals surface area contributed by atoms with Crippen molar-refractivity contribution in [3.8, 4) is 5.75 Å². The van der Waals surface area contributed by atoms with Crippen molar-refractivity contribution >= 4 is 18.3 Å². The molecule has 1 amide bonds. The third kappa shape index (κ3) is 6.94. The minimum Gasteiger partial charge on any atom is -0.493 e. The van der Waals surface area contributed by atoms with Gasteiger partial charge in [-0.2, -0.15) is 0 Å². The molecule has 1 saturated carbocycles. The van der Waals surface area contributed by atoms with E-state index in [0.29, 0.717) is 12.5 Å². The number of carbonyl (C=O) groups excluding carboxylic acids is 1. The molecule has 158 valence electrons. The lowest BCUT2D eigenvalue weighted by Gasteiger charge is -2.32. The fraction of sp³-hybridized carbons (Fsp3) is 0.682. The second kappa shape index (κ2) is 12.3. The third-order valence-corrected chi connectivity index (χ3v) is 5.74. The summed E-state index contributed by atoms with van der Waals surface area (Å²) in [5.74, 6) is 1.66. The van der Waals surface area contributed by atoms with E-state index >= 15 is 0 Å². The molecule has 2 N–H and O–H groups in total. The van der Waals surface area contributed by atoms with E-state index in [2.05, 4.69) is 0 Å². The number of nitrogens with zero attached hydrogens (tertiary/aromatic N) is 1. The van der Waals surface area contributed by atoms with E-state index in [-0.39, 0.29) is 24.4 Å². The molecule has 1 heterocycles. The second-order valence-corrected chi connectivity index (χ2v) is 7.84. The summed E-state index contributed by atoms with van der Waals surface area (Å²) < 4.78 is 11.8. The third-order valence-electron chi connectivity index (χ3n) is 5.74. The summed E-state index contributed by atoms with van der Waals surface area (Å²) in [6, 6.07) is 7.64. The Labute approximate surface area is 175 Å². The van der Waals surface area contributed by atoms with Crippen LogP contribution in [0.2, 0.25) is 0 Å². The minimum absolute atomic E-state index is 0. The molecule has 2 fully saturated rings. The van der Waals surface area contributed by atoms with Crippen LogP contribution in [0.25, 0.3) is 0 Å². The normalized spacial score (nSPS) is 18.5. The number of likely N-dealkylation sites (tertiary alicyclic amines) is 1. The standard InChI is InChI=1S/C22H34N2O3.ClH/c23-13-4-16-26-21-11-14-24(15-12-21)22(25)19-7-9-20(10-8-19)27-17-18-5-2-1-3-6-18;/h7-10,18,21H,1-6,11-17,23H2;1H. The van der Waals surface area contributed by atoms with E-state index in [0.717, 1.165) is 56.9 Å². The van der Waals surface area contributed by atoms with Crippen molar-refractivity contribution in [1.29, 1.82) is 0 Å². The highest BCUT2D eigenvalue weighted by Crippen LogP contribution is 2.25. The summed E-state index contributed by atoms with van der Waals surface area (Å²) in [5.41, 5.74) is 6.23. The van der Waals surface area contributed by atoms with Gasteiger partial charge in [0.2, 0.25) is 0 Å². The number of ether oxygens (including phenoxy) is 2. The van der Waals surface area contributed by atoms with Crippen molar-refractivity contribution in [2.24, 2.45) is 11.7 Å². The largest absolute Gasteiger partial charge is 0.493 e. The molecule has 28 heavy (non-hydrogen) atoms. The lowest BCUT2D eigenvalue weighted by molar-refractivity contribution is 0.00844. The molecule has 1 aromatic rings. The molecule has 0 aromatic heterocycles. The Morgan fingerprint density at radius 2 is 1.71 bits per heavy atom. The zero-order valence-electron chi connectivity index (χ0n) is 16.8. The predicted molar refractivity (Wildman–Crippen MR) is 114 cm³/mol. The van der Waals surface area contributed by atoms with Gasteiger partial charge in [0.05, 0.1) is 12.7 Å². The van der Waals surface area contributed by atoms with Gasteiger partial charge in [0.1, 0.15) is 5.75 Å². The molecular weight excluding hydrogens is 376 g/mol. The van der Waals surface area contributed by atoms with Crippen molar-refractivity contribution in [2.45, 2.75) is 57.5 Å². The molecule has 0 radical (unpaired) electrons. The minimum atomic E-state index is 0. The number of halogens is 1. The van der Waals surface area contributed by atoms with Gasteiger partial charge in [-0.1, -0.05) is 19.3 Å². The first-order chi connectivity index (χ1) is 13.3. The van der Waals surface area contributed by atoms with Crippen LogP contribution in [0.4, 0.5) is 0 Å². The van der Waals surface area contributed by atoms with Crippen molar-refractivity contribution in [3.05, 3.63) is 29.8 Å². The molecule has 5 nitrogen and oxygen atoms in total. The highest BCUT2D eigenvalue weighted by Gasteiger charge is 2.24.